The molecular weight excluding hydrogens is 252 g/mol. The Labute approximate surface area is 119 Å². The van der Waals surface area contributed by atoms with Gasteiger partial charge in [-0.25, -0.2) is 0 Å². The molecule has 2 heterocycles. The molecule has 2 saturated carbocycles. The van der Waals surface area contributed by atoms with Gasteiger partial charge in [0.05, 0.1) is 0 Å². The topological polar surface area (TPSA) is 61.0 Å². The third-order valence-corrected chi connectivity index (χ3v) is 4.99. The number of H-pyrrole nitrogens is 1. The summed E-state index contributed by atoms with van der Waals surface area (Å²) in [5.74, 6) is 1.59. The monoisotopic (exact) mass is 274 g/mol. The number of rotatable bonds is 4. The van der Waals surface area contributed by atoms with E-state index in [2.05, 4.69) is 15.5 Å². The molecule has 3 aliphatic rings. The molecular formula is C15H22N4O. The Hall–Kier alpha value is -1.36. The van der Waals surface area contributed by atoms with E-state index in [9.17, 15) is 4.79 Å². The molecule has 108 valence electrons. The van der Waals surface area contributed by atoms with Crippen molar-refractivity contribution >= 4 is 5.91 Å². The van der Waals surface area contributed by atoms with Crippen LogP contribution in [0.3, 0.4) is 0 Å². The minimum Gasteiger partial charge on any atom is -0.337 e. The molecule has 2 fully saturated rings. The Kier molecular flexibility index (Phi) is 2.84. The fraction of sp³-hybridized carbons (Fsp3) is 0.733. The van der Waals surface area contributed by atoms with E-state index >= 15 is 0 Å². The number of nitrogens with zero attached hydrogens (tertiary/aromatic N) is 2. The largest absolute Gasteiger partial charge is 0.337 e. The van der Waals surface area contributed by atoms with Gasteiger partial charge in [0, 0.05) is 43.9 Å². The minimum atomic E-state index is 0.106. The van der Waals surface area contributed by atoms with Crippen LogP contribution in [0.1, 0.15) is 47.4 Å². The molecule has 5 nitrogen and oxygen atoms in total. The van der Waals surface area contributed by atoms with E-state index in [4.69, 9.17) is 0 Å². The number of carbonyl (C=O) groups is 1. The first-order valence-corrected chi connectivity index (χ1v) is 7.79. The number of carbonyl (C=O) groups excluding carboxylic acids is 1. The van der Waals surface area contributed by atoms with Crippen molar-refractivity contribution in [2.45, 2.75) is 44.7 Å². The molecule has 0 saturated heterocycles. The maximum absolute atomic E-state index is 12.8. The first-order valence-electron chi connectivity index (χ1n) is 7.79. The normalized spacial score (nSPS) is 21.9. The second-order valence-corrected chi connectivity index (χ2v) is 6.54. The third kappa shape index (κ3) is 2.04. The first kappa shape index (κ1) is 12.4. The van der Waals surface area contributed by atoms with Gasteiger partial charge in [-0.05, 0) is 37.5 Å². The van der Waals surface area contributed by atoms with E-state index in [0.717, 1.165) is 42.6 Å². The summed E-state index contributed by atoms with van der Waals surface area (Å²) in [6.45, 7) is 1.73. The molecule has 1 aromatic heterocycles. The lowest BCUT2D eigenvalue weighted by Gasteiger charge is -2.28. The highest BCUT2D eigenvalue weighted by atomic mass is 16.2. The zero-order chi connectivity index (χ0) is 13.7. The summed E-state index contributed by atoms with van der Waals surface area (Å²) in [6, 6.07) is 0.450. The number of fused-ring (bicyclic) bond motifs is 1. The van der Waals surface area contributed by atoms with Gasteiger partial charge in [-0.2, -0.15) is 5.10 Å². The molecule has 20 heavy (non-hydrogen) atoms. The Morgan fingerprint density at radius 1 is 1.30 bits per heavy atom. The molecule has 4 rings (SSSR count). The fourth-order valence-corrected chi connectivity index (χ4v) is 3.60. The Balaban J connectivity index is 1.58. The maximum Gasteiger partial charge on any atom is 0.274 e. The summed E-state index contributed by atoms with van der Waals surface area (Å²) in [4.78, 5) is 14.8. The van der Waals surface area contributed by atoms with Crippen molar-refractivity contribution in [3.05, 3.63) is 17.0 Å². The highest BCUT2D eigenvalue weighted by Crippen LogP contribution is 2.47. The SMILES string of the molecule is CN(C(=O)c1n[nH]c2c1CNCC2)C(C1CC1)C1CC1. The summed E-state index contributed by atoms with van der Waals surface area (Å²) in [7, 11) is 1.97. The quantitative estimate of drug-likeness (QED) is 0.870. The van der Waals surface area contributed by atoms with Gasteiger partial charge in [0.2, 0.25) is 0 Å². The van der Waals surface area contributed by atoms with Crippen LogP contribution in [0.2, 0.25) is 0 Å². The van der Waals surface area contributed by atoms with Gasteiger partial charge < -0.3 is 10.2 Å². The smallest absolute Gasteiger partial charge is 0.274 e. The van der Waals surface area contributed by atoms with Gasteiger partial charge >= 0.3 is 0 Å². The summed E-state index contributed by atoms with van der Waals surface area (Å²) in [5, 5.41) is 10.7. The molecule has 0 unspecified atom stereocenters. The van der Waals surface area contributed by atoms with Crippen LogP contribution in [0.15, 0.2) is 0 Å². The van der Waals surface area contributed by atoms with Crippen molar-refractivity contribution in [2.24, 2.45) is 11.8 Å². The van der Waals surface area contributed by atoms with Crippen LogP contribution in [0, 0.1) is 11.8 Å². The van der Waals surface area contributed by atoms with E-state index in [1.807, 2.05) is 11.9 Å². The Morgan fingerprint density at radius 3 is 2.65 bits per heavy atom. The van der Waals surface area contributed by atoms with Gasteiger partial charge in [-0.1, -0.05) is 0 Å². The molecule has 0 aromatic carbocycles. The summed E-state index contributed by atoms with van der Waals surface area (Å²) in [6.07, 6.45) is 6.10. The average molecular weight is 274 g/mol. The first-order chi connectivity index (χ1) is 9.75. The van der Waals surface area contributed by atoms with Crippen LogP contribution in [0.25, 0.3) is 0 Å². The molecule has 0 atom stereocenters. The second-order valence-electron chi connectivity index (χ2n) is 6.54. The average Bonchev–Trinajstić information content (AvgIpc) is 3.38. The summed E-state index contributed by atoms with van der Waals surface area (Å²) >= 11 is 0. The highest BCUT2D eigenvalue weighted by Gasteiger charge is 2.45. The van der Waals surface area contributed by atoms with E-state index < -0.39 is 0 Å². The van der Waals surface area contributed by atoms with Gasteiger partial charge in [0.25, 0.3) is 5.91 Å². The van der Waals surface area contributed by atoms with Gasteiger partial charge in [-0.15, -0.1) is 0 Å². The molecule has 5 heteroatoms. The second kappa shape index (κ2) is 4.58. The lowest BCUT2D eigenvalue weighted by atomic mass is 10.0. The molecule has 1 aliphatic heterocycles. The van der Waals surface area contributed by atoms with Crippen LogP contribution in [0.5, 0.6) is 0 Å². The van der Waals surface area contributed by atoms with Crippen molar-refractivity contribution in [3.8, 4) is 0 Å². The number of hydrogen-bond acceptors (Lipinski definition) is 3. The van der Waals surface area contributed by atoms with Crippen molar-refractivity contribution in [1.82, 2.24) is 20.4 Å². The predicted octanol–water partition coefficient (Wildman–Crippen LogP) is 1.32. The van der Waals surface area contributed by atoms with Crippen LogP contribution < -0.4 is 5.32 Å². The third-order valence-electron chi connectivity index (χ3n) is 4.99. The van der Waals surface area contributed by atoms with E-state index in [0.29, 0.717) is 11.7 Å². The van der Waals surface area contributed by atoms with Crippen LogP contribution in [-0.4, -0.2) is 40.6 Å². The molecule has 1 aromatic rings. The zero-order valence-corrected chi connectivity index (χ0v) is 12.0. The maximum atomic E-state index is 12.8. The number of aromatic nitrogens is 2. The van der Waals surface area contributed by atoms with Crippen molar-refractivity contribution < 1.29 is 4.79 Å². The Bertz CT molecular complexity index is 518. The van der Waals surface area contributed by atoms with Crippen molar-refractivity contribution in [1.29, 1.82) is 0 Å². The molecule has 0 spiro atoms. The summed E-state index contributed by atoms with van der Waals surface area (Å²) in [5.41, 5.74) is 2.86. The minimum absolute atomic E-state index is 0.106. The zero-order valence-electron chi connectivity index (χ0n) is 12.0. The van der Waals surface area contributed by atoms with Crippen LogP contribution in [0.4, 0.5) is 0 Å². The number of hydrogen-bond donors (Lipinski definition) is 2. The number of nitrogens with one attached hydrogen (secondary N) is 2. The van der Waals surface area contributed by atoms with Gasteiger partial charge in [0.1, 0.15) is 0 Å². The van der Waals surface area contributed by atoms with Gasteiger partial charge in [0.15, 0.2) is 5.69 Å². The fourth-order valence-electron chi connectivity index (χ4n) is 3.60. The lowest BCUT2D eigenvalue weighted by Crippen LogP contribution is -2.41. The Morgan fingerprint density at radius 2 is 2.00 bits per heavy atom. The van der Waals surface area contributed by atoms with Crippen LogP contribution in [-0.2, 0) is 13.0 Å². The molecule has 0 radical (unpaired) electrons. The van der Waals surface area contributed by atoms with Crippen molar-refractivity contribution in [2.75, 3.05) is 13.6 Å². The number of amides is 1. The standard InChI is InChI=1S/C15H22N4O/c1-19(14(9-2-3-9)10-4-5-10)15(20)13-11-8-16-7-6-12(11)17-18-13/h9-10,14,16H,2-8H2,1H3,(H,17,18). The van der Waals surface area contributed by atoms with Crippen molar-refractivity contribution in [3.63, 3.8) is 0 Å². The predicted molar refractivity (Wildman–Crippen MR) is 75.3 cm³/mol. The summed E-state index contributed by atoms with van der Waals surface area (Å²) < 4.78 is 0. The van der Waals surface area contributed by atoms with E-state index in [1.54, 1.807) is 0 Å². The van der Waals surface area contributed by atoms with E-state index in [-0.39, 0.29) is 5.91 Å². The molecule has 2 aliphatic carbocycles. The number of aromatic amines is 1. The van der Waals surface area contributed by atoms with Crippen LogP contribution >= 0.6 is 0 Å². The molecule has 1 amide bonds. The van der Waals surface area contributed by atoms with E-state index in [1.165, 1.54) is 25.7 Å². The molecule has 0 bridgehead atoms. The van der Waals surface area contributed by atoms with Gasteiger partial charge in [-0.3, -0.25) is 9.89 Å². The lowest BCUT2D eigenvalue weighted by molar-refractivity contribution is 0.0682. The highest BCUT2D eigenvalue weighted by molar-refractivity contribution is 5.94. The molecule has 2 N–H and O–H groups in total.